The van der Waals surface area contributed by atoms with Crippen LogP contribution in [0.5, 0.6) is 0 Å². The Labute approximate surface area is 177 Å². The van der Waals surface area contributed by atoms with E-state index in [9.17, 15) is 4.79 Å². The van der Waals surface area contributed by atoms with Crippen molar-refractivity contribution in [1.82, 2.24) is 14.8 Å². The van der Waals surface area contributed by atoms with Gasteiger partial charge in [-0.1, -0.05) is 24.3 Å². The zero-order valence-electron chi connectivity index (χ0n) is 17.6. The molecule has 2 amide bonds. The monoisotopic (exact) mass is 406 g/mol. The fourth-order valence-electron chi connectivity index (χ4n) is 3.92. The van der Waals surface area contributed by atoms with Crippen LogP contribution in [0.15, 0.2) is 54.7 Å². The molecule has 30 heavy (non-hydrogen) atoms. The second-order valence-electron chi connectivity index (χ2n) is 7.79. The number of anilines is 1. The molecule has 4 rings (SSSR count). The Morgan fingerprint density at radius 1 is 1.07 bits per heavy atom. The van der Waals surface area contributed by atoms with Crippen LogP contribution in [0, 0.1) is 6.92 Å². The second kappa shape index (κ2) is 9.78. The van der Waals surface area contributed by atoms with Crippen molar-refractivity contribution in [3.05, 3.63) is 65.9 Å². The van der Waals surface area contributed by atoms with Gasteiger partial charge in [0.1, 0.15) is 0 Å². The zero-order valence-corrected chi connectivity index (χ0v) is 17.6. The zero-order chi connectivity index (χ0) is 20.8. The number of nitrogens with one attached hydrogen (secondary N) is 2. The molecule has 1 aliphatic rings. The lowest BCUT2D eigenvalue weighted by molar-refractivity contribution is 0.0365. The van der Waals surface area contributed by atoms with Gasteiger partial charge in [0.25, 0.3) is 0 Å². The number of carbonyl (C=O) groups excluding carboxylic acids is 1. The summed E-state index contributed by atoms with van der Waals surface area (Å²) >= 11 is 0. The lowest BCUT2D eigenvalue weighted by Crippen LogP contribution is -2.38. The molecule has 1 fully saturated rings. The summed E-state index contributed by atoms with van der Waals surface area (Å²) in [6, 6.07) is 16.3. The summed E-state index contributed by atoms with van der Waals surface area (Å²) in [5.74, 6) is 0. The van der Waals surface area contributed by atoms with Crippen LogP contribution in [-0.2, 0) is 17.7 Å². The van der Waals surface area contributed by atoms with Crippen molar-refractivity contribution in [2.24, 2.45) is 0 Å². The molecule has 6 nitrogen and oxygen atoms in total. The largest absolute Gasteiger partial charge is 0.379 e. The topological polar surface area (TPSA) is 58.5 Å². The normalized spacial score (nSPS) is 14.7. The number of aromatic nitrogens is 1. The predicted octanol–water partition coefficient (Wildman–Crippen LogP) is 3.65. The lowest BCUT2D eigenvalue weighted by atomic mass is 10.1. The highest BCUT2D eigenvalue weighted by atomic mass is 16.5. The molecular formula is C24H30N4O2. The number of rotatable bonds is 7. The number of hydrogen-bond acceptors (Lipinski definition) is 3. The molecule has 0 unspecified atom stereocenters. The fraction of sp³-hybridized carbons (Fsp3) is 0.375. The molecule has 1 aromatic heterocycles. The van der Waals surface area contributed by atoms with Crippen molar-refractivity contribution in [3.63, 3.8) is 0 Å². The van der Waals surface area contributed by atoms with Crippen molar-refractivity contribution in [3.8, 4) is 0 Å². The lowest BCUT2D eigenvalue weighted by Gasteiger charge is -2.26. The molecule has 1 saturated heterocycles. The minimum Gasteiger partial charge on any atom is -0.379 e. The number of carbonyl (C=O) groups is 1. The van der Waals surface area contributed by atoms with Crippen LogP contribution < -0.4 is 10.6 Å². The number of urea groups is 1. The van der Waals surface area contributed by atoms with Gasteiger partial charge in [0.15, 0.2) is 0 Å². The first-order valence-corrected chi connectivity index (χ1v) is 10.7. The van der Waals surface area contributed by atoms with Gasteiger partial charge in [-0.15, -0.1) is 0 Å². The molecule has 2 heterocycles. The summed E-state index contributed by atoms with van der Waals surface area (Å²) in [6.07, 6.45) is 2.95. The molecule has 0 saturated carbocycles. The minimum atomic E-state index is -0.172. The van der Waals surface area contributed by atoms with E-state index in [0.717, 1.165) is 56.9 Å². The van der Waals surface area contributed by atoms with Gasteiger partial charge in [-0.05, 0) is 48.7 Å². The maximum Gasteiger partial charge on any atom is 0.319 e. The first kappa shape index (κ1) is 20.4. The summed E-state index contributed by atoms with van der Waals surface area (Å²) in [5.41, 5.74) is 4.51. The third kappa shape index (κ3) is 5.20. The molecule has 3 aromatic rings. The predicted molar refractivity (Wildman–Crippen MR) is 121 cm³/mol. The van der Waals surface area contributed by atoms with Gasteiger partial charge in [-0.3, -0.25) is 4.90 Å². The van der Waals surface area contributed by atoms with E-state index < -0.39 is 0 Å². The Hall–Kier alpha value is -2.83. The molecule has 2 aromatic carbocycles. The van der Waals surface area contributed by atoms with Crippen LogP contribution in [0.3, 0.4) is 0 Å². The van der Waals surface area contributed by atoms with Gasteiger partial charge in [0.2, 0.25) is 0 Å². The third-order valence-corrected chi connectivity index (χ3v) is 5.73. The van der Waals surface area contributed by atoms with Gasteiger partial charge in [-0.2, -0.15) is 0 Å². The fourth-order valence-corrected chi connectivity index (χ4v) is 3.92. The number of fused-ring (bicyclic) bond motifs is 1. The molecule has 0 atom stereocenters. The number of benzene rings is 2. The smallest absolute Gasteiger partial charge is 0.319 e. The number of hydrogen-bond donors (Lipinski definition) is 2. The van der Waals surface area contributed by atoms with E-state index in [1.54, 1.807) is 0 Å². The van der Waals surface area contributed by atoms with Crippen molar-refractivity contribution in [2.45, 2.75) is 19.9 Å². The molecular weight excluding hydrogens is 376 g/mol. The molecule has 6 heteroatoms. The summed E-state index contributed by atoms with van der Waals surface area (Å²) in [4.78, 5) is 14.7. The van der Waals surface area contributed by atoms with Crippen molar-refractivity contribution >= 4 is 22.6 Å². The molecule has 0 aliphatic carbocycles. The minimum absolute atomic E-state index is 0.172. The van der Waals surface area contributed by atoms with Gasteiger partial charge < -0.3 is 19.9 Å². The summed E-state index contributed by atoms with van der Waals surface area (Å²) in [7, 11) is 0. The maximum atomic E-state index is 12.3. The summed E-state index contributed by atoms with van der Waals surface area (Å²) in [5, 5.41) is 7.03. The van der Waals surface area contributed by atoms with Crippen LogP contribution in [-0.4, -0.2) is 54.9 Å². The van der Waals surface area contributed by atoms with Crippen molar-refractivity contribution in [1.29, 1.82) is 0 Å². The van der Waals surface area contributed by atoms with Crippen LogP contribution in [0.2, 0.25) is 0 Å². The van der Waals surface area contributed by atoms with E-state index in [2.05, 4.69) is 57.5 Å². The van der Waals surface area contributed by atoms with Crippen molar-refractivity contribution in [2.75, 3.05) is 44.7 Å². The standard InChI is InChI=1S/C24H30N4O2/c1-19-4-2-3-5-20(19)8-10-25-24(29)26-22-6-7-23-21(18-22)9-11-28(23)13-12-27-14-16-30-17-15-27/h2-7,9,11,18H,8,10,12-17H2,1H3,(H2,25,26,29). The summed E-state index contributed by atoms with van der Waals surface area (Å²) < 4.78 is 7.69. The molecule has 0 bridgehead atoms. The Morgan fingerprint density at radius 3 is 2.73 bits per heavy atom. The average Bonchev–Trinajstić information content (AvgIpc) is 3.16. The molecule has 1 aliphatic heterocycles. The highest BCUT2D eigenvalue weighted by molar-refractivity contribution is 5.92. The quantitative estimate of drug-likeness (QED) is 0.630. The molecule has 0 spiro atoms. The third-order valence-electron chi connectivity index (χ3n) is 5.73. The molecule has 158 valence electrons. The van der Waals surface area contributed by atoms with E-state index in [0.29, 0.717) is 6.54 Å². The molecule has 2 N–H and O–H groups in total. The Balaban J connectivity index is 1.29. The van der Waals surface area contributed by atoms with Gasteiger partial charge in [0, 0.05) is 55.5 Å². The first-order valence-electron chi connectivity index (χ1n) is 10.7. The van der Waals surface area contributed by atoms with Crippen LogP contribution in [0.1, 0.15) is 11.1 Å². The van der Waals surface area contributed by atoms with Gasteiger partial charge in [-0.25, -0.2) is 4.79 Å². The Bertz CT molecular complexity index is 992. The van der Waals surface area contributed by atoms with Crippen molar-refractivity contribution < 1.29 is 9.53 Å². The maximum absolute atomic E-state index is 12.3. The van der Waals surface area contributed by atoms with Gasteiger partial charge in [0.05, 0.1) is 13.2 Å². The molecule has 0 radical (unpaired) electrons. The number of ether oxygens (including phenoxy) is 1. The first-order chi connectivity index (χ1) is 14.7. The number of nitrogens with zero attached hydrogens (tertiary/aromatic N) is 2. The highest BCUT2D eigenvalue weighted by Crippen LogP contribution is 2.21. The number of amides is 2. The van der Waals surface area contributed by atoms with Crippen LogP contribution in [0.25, 0.3) is 10.9 Å². The highest BCUT2D eigenvalue weighted by Gasteiger charge is 2.11. The van der Waals surface area contributed by atoms with E-state index in [-0.39, 0.29) is 6.03 Å². The summed E-state index contributed by atoms with van der Waals surface area (Å²) in [6.45, 7) is 8.35. The number of morpholine rings is 1. The van der Waals surface area contributed by atoms with Gasteiger partial charge >= 0.3 is 6.03 Å². The second-order valence-corrected chi connectivity index (χ2v) is 7.79. The Kier molecular flexibility index (Phi) is 6.67. The Morgan fingerprint density at radius 2 is 1.90 bits per heavy atom. The van der Waals surface area contributed by atoms with Crippen LogP contribution in [0.4, 0.5) is 10.5 Å². The SMILES string of the molecule is Cc1ccccc1CCNC(=O)Nc1ccc2c(ccn2CCN2CCOCC2)c1. The number of aryl methyl sites for hydroxylation is 1. The van der Waals surface area contributed by atoms with E-state index in [1.165, 1.54) is 16.6 Å². The average molecular weight is 407 g/mol. The van der Waals surface area contributed by atoms with E-state index in [1.807, 2.05) is 24.3 Å². The van der Waals surface area contributed by atoms with E-state index >= 15 is 0 Å². The van der Waals surface area contributed by atoms with Crippen LogP contribution >= 0.6 is 0 Å². The van der Waals surface area contributed by atoms with E-state index in [4.69, 9.17) is 4.74 Å².